The number of rotatable bonds is 0. The van der Waals surface area contributed by atoms with Gasteiger partial charge in [-0.25, -0.2) is 0 Å². The molecule has 2 aliphatic carbocycles. The van der Waals surface area contributed by atoms with E-state index >= 15 is 0 Å². The summed E-state index contributed by atoms with van der Waals surface area (Å²) in [5.74, 6) is 1.01. The molecule has 0 heterocycles. The smallest absolute Gasteiger partial charge is 0.143 e. The molecule has 0 aliphatic heterocycles. The van der Waals surface area contributed by atoms with Crippen LogP contribution in [0.2, 0.25) is 0 Å². The minimum atomic E-state index is -0.147. The predicted octanol–water partition coefficient (Wildman–Crippen LogP) is 3.74. The molecule has 0 aromatic carbocycles. The Morgan fingerprint density at radius 3 is 2.33 bits per heavy atom. The summed E-state index contributed by atoms with van der Waals surface area (Å²) in [6.45, 7) is 11.2. The Kier molecular flexibility index (Phi) is 2.15. The van der Waals surface area contributed by atoms with Crippen molar-refractivity contribution in [1.29, 1.82) is 0 Å². The number of carbonyl (C=O) groups is 1. The Morgan fingerprint density at radius 1 is 1.20 bits per heavy atom. The Hall–Kier alpha value is -0.590. The molecule has 0 saturated heterocycles. The summed E-state index contributed by atoms with van der Waals surface area (Å²) >= 11 is 0. The van der Waals surface area contributed by atoms with Gasteiger partial charge in [0, 0.05) is 6.42 Å². The summed E-state index contributed by atoms with van der Waals surface area (Å²) in [4.78, 5) is 12.2. The van der Waals surface area contributed by atoms with Gasteiger partial charge >= 0.3 is 0 Å². The van der Waals surface area contributed by atoms with Crippen molar-refractivity contribution in [3.63, 3.8) is 0 Å². The third kappa shape index (κ3) is 1.25. The zero-order chi connectivity index (χ0) is 11.4. The highest BCUT2D eigenvalue weighted by molar-refractivity contribution is 5.89. The molecule has 0 aromatic heterocycles. The maximum Gasteiger partial charge on any atom is 0.143 e. The van der Waals surface area contributed by atoms with Crippen LogP contribution < -0.4 is 0 Å². The number of hydrogen-bond donors (Lipinski definition) is 0. The molecule has 0 bridgehead atoms. The van der Waals surface area contributed by atoms with Crippen molar-refractivity contribution in [3.05, 3.63) is 11.1 Å². The highest BCUT2D eigenvalue weighted by Gasteiger charge is 2.55. The second-order valence-electron chi connectivity index (χ2n) is 6.28. The van der Waals surface area contributed by atoms with Crippen molar-refractivity contribution in [2.24, 2.45) is 16.7 Å². The fourth-order valence-electron chi connectivity index (χ4n) is 3.70. The second kappa shape index (κ2) is 2.96. The van der Waals surface area contributed by atoms with Crippen LogP contribution in [0.1, 0.15) is 53.9 Å². The van der Waals surface area contributed by atoms with Gasteiger partial charge in [-0.15, -0.1) is 0 Å². The van der Waals surface area contributed by atoms with E-state index in [-0.39, 0.29) is 5.41 Å². The van der Waals surface area contributed by atoms with Gasteiger partial charge in [0.15, 0.2) is 0 Å². The molecule has 2 atom stereocenters. The molecule has 0 radical (unpaired) electrons. The number of ketones is 1. The maximum absolute atomic E-state index is 12.2. The van der Waals surface area contributed by atoms with Crippen LogP contribution >= 0.6 is 0 Å². The van der Waals surface area contributed by atoms with Crippen molar-refractivity contribution in [2.45, 2.75) is 53.9 Å². The van der Waals surface area contributed by atoms with Crippen molar-refractivity contribution in [1.82, 2.24) is 0 Å². The molecule has 0 N–H and O–H groups in total. The molecule has 15 heavy (non-hydrogen) atoms. The van der Waals surface area contributed by atoms with E-state index in [9.17, 15) is 4.79 Å². The van der Waals surface area contributed by atoms with Crippen LogP contribution in [-0.4, -0.2) is 5.78 Å². The Morgan fingerprint density at radius 2 is 1.80 bits per heavy atom. The Labute approximate surface area is 92.9 Å². The predicted molar refractivity (Wildman–Crippen MR) is 62.6 cm³/mol. The van der Waals surface area contributed by atoms with Gasteiger partial charge in [0.05, 0.1) is 5.41 Å². The lowest BCUT2D eigenvalue weighted by molar-refractivity contribution is -0.135. The molecule has 1 fully saturated rings. The van der Waals surface area contributed by atoms with Gasteiger partial charge in [-0.05, 0) is 44.9 Å². The van der Waals surface area contributed by atoms with Gasteiger partial charge in [-0.2, -0.15) is 0 Å². The van der Waals surface area contributed by atoms with Gasteiger partial charge in [0.2, 0.25) is 0 Å². The quantitative estimate of drug-likeness (QED) is 0.552. The summed E-state index contributed by atoms with van der Waals surface area (Å²) in [5.41, 5.74) is 2.98. The first-order valence-corrected chi connectivity index (χ1v) is 6.00. The van der Waals surface area contributed by atoms with Crippen LogP contribution in [0.5, 0.6) is 0 Å². The third-order valence-electron chi connectivity index (χ3n) is 5.15. The van der Waals surface area contributed by atoms with E-state index in [1.807, 2.05) is 0 Å². The van der Waals surface area contributed by atoms with Crippen LogP contribution in [-0.2, 0) is 4.79 Å². The number of Topliss-reactive ketones (excluding diaryl/α,β-unsaturated/α-hetero) is 1. The van der Waals surface area contributed by atoms with Gasteiger partial charge in [0.1, 0.15) is 5.78 Å². The summed E-state index contributed by atoms with van der Waals surface area (Å²) < 4.78 is 0. The van der Waals surface area contributed by atoms with E-state index in [0.29, 0.717) is 17.1 Å². The first-order valence-electron chi connectivity index (χ1n) is 6.00. The standard InChI is InChI=1S/C14H22O/c1-9-8-11-13(3,4)7-6-12(15)14(11,5)10(9)2/h11H,6-8H2,1-5H3. The van der Waals surface area contributed by atoms with Crippen molar-refractivity contribution >= 4 is 5.78 Å². The van der Waals surface area contributed by atoms with E-state index in [1.54, 1.807) is 0 Å². The molecule has 1 heteroatoms. The molecular formula is C14H22O. The first kappa shape index (κ1) is 10.9. The molecule has 0 amide bonds. The lowest BCUT2D eigenvalue weighted by Crippen LogP contribution is -2.46. The number of allylic oxidation sites excluding steroid dienone is 2. The van der Waals surface area contributed by atoms with Crippen LogP contribution in [0, 0.1) is 16.7 Å². The Bertz CT molecular complexity index is 348. The van der Waals surface area contributed by atoms with Gasteiger partial charge in [-0.1, -0.05) is 25.0 Å². The normalized spacial score (nSPS) is 39.5. The van der Waals surface area contributed by atoms with Crippen LogP contribution in [0.25, 0.3) is 0 Å². The van der Waals surface area contributed by atoms with Gasteiger partial charge in [0.25, 0.3) is 0 Å². The van der Waals surface area contributed by atoms with E-state index < -0.39 is 0 Å². The second-order valence-corrected chi connectivity index (χ2v) is 6.28. The molecule has 0 aromatic rings. The molecule has 1 saturated carbocycles. The first-order chi connectivity index (χ1) is 6.80. The average Bonchev–Trinajstić information content (AvgIpc) is 2.39. The van der Waals surface area contributed by atoms with Crippen molar-refractivity contribution < 1.29 is 4.79 Å². The van der Waals surface area contributed by atoms with Crippen molar-refractivity contribution in [3.8, 4) is 0 Å². The molecule has 2 unspecified atom stereocenters. The highest BCUT2D eigenvalue weighted by atomic mass is 16.1. The molecule has 0 spiro atoms. The number of carbonyl (C=O) groups excluding carboxylic acids is 1. The monoisotopic (exact) mass is 206 g/mol. The SMILES string of the molecule is CC1=C(C)C2(C)C(=O)CCC(C)(C)C2C1. The minimum Gasteiger partial charge on any atom is -0.299 e. The zero-order valence-electron chi connectivity index (χ0n) is 10.6. The van der Waals surface area contributed by atoms with Crippen molar-refractivity contribution in [2.75, 3.05) is 0 Å². The van der Waals surface area contributed by atoms with E-state index in [4.69, 9.17) is 0 Å². The number of fused-ring (bicyclic) bond motifs is 1. The summed E-state index contributed by atoms with van der Waals surface area (Å²) in [7, 11) is 0. The average molecular weight is 206 g/mol. The third-order valence-corrected chi connectivity index (χ3v) is 5.15. The van der Waals surface area contributed by atoms with Gasteiger partial charge < -0.3 is 0 Å². The highest BCUT2D eigenvalue weighted by Crippen LogP contribution is 2.59. The molecular weight excluding hydrogens is 184 g/mol. The van der Waals surface area contributed by atoms with E-state index in [2.05, 4.69) is 34.6 Å². The summed E-state index contributed by atoms with van der Waals surface area (Å²) in [6, 6.07) is 0. The minimum absolute atomic E-state index is 0.147. The summed E-state index contributed by atoms with van der Waals surface area (Å²) in [6.07, 6.45) is 2.96. The van der Waals surface area contributed by atoms with E-state index in [0.717, 1.165) is 19.3 Å². The molecule has 1 nitrogen and oxygen atoms in total. The number of hydrogen-bond acceptors (Lipinski definition) is 1. The fraction of sp³-hybridized carbons (Fsp3) is 0.786. The van der Waals surface area contributed by atoms with Crippen LogP contribution in [0.3, 0.4) is 0 Å². The molecule has 2 aliphatic rings. The zero-order valence-corrected chi connectivity index (χ0v) is 10.6. The lowest BCUT2D eigenvalue weighted by Gasteiger charge is -2.47. The summed E-state index contributed by atoms with van der Waals surface area (Å²) in [5, 5.41) is 0. The van der Waals surface area contributed by atoms with Crippen LogP contribution in [0.4, 0.5) is 0 Å². The fourth-order valence-corrected chi connectivity index (χ4v) is 3.70. The lowest BCUT2D eigenvalue weighted by atomic mass is 9.56. The largest absolute Gasteiger partial charge is 0.299 e. The molecule has 2 rings (SSSR count). The van der Waals surface area contributed by atoms with E-state index in [1.165, 1.54) is 11.1 Å². The topological polar surface area (TPSA) is 17.1 Å². The maximum atomic E-state index is 12.2. The Balaban J connectivity index is 2.50. The molecule has 84 valence electrons. The van der Waals surface area contributed by atoms with Crippen LogP contribution in [0.15, 0.2) is 11.1 Å². The van der Waals surface area contributed by atoms with Gasteiger partial charge in [-0.3, -0.25) is 4.79 Å².